The minimum Gasteiger partial charge on any atom is -0.465 e. The molecule has 26 heavy (non-hydrogen) atoms. The molecule has 1 heterocycles. The zero-order chi connectivity index (χ0) is 18.5. The van der Waals surface area contributed by atoms with Gasteiger partial charge in [0.1, 0.15) is 0 Å². The number of benzene rings is 2. The number of esters is 1. The number of anilines is 2. The van der Waals surface area contributed by atoms with Gasteiger partial charge in [0.15, 0.2) is 5.13 Å². The lowest BCUT2D eigenvalue weighted by atomic mass is 9.97. The Kier molecular flexibility index (Phi) is 5.68. The van der Waals surface area contributed by atoms with Gasteiger partial charge < -0.3 is 10.1 Å². The third-order valence-corrected chi connectivity index (χ3v) is 5.18. The molecule has 0 aliphatic rings. The van der Waals surface area contributed by atoms with Crippen LogP contribution in [0.5, 0.6) is 0 Å². The zero-order valence-electron chi connectivity index (χ0n) is 15.2. The lowest BCUT2D eigenvalue weighted by molar-refractivity contribution is 0.0601. The van der Waals surface area contributed by atoms with Crippen molar-refractivity contribution in [3.8, 4) is 11.3 Å². The summed E-state index contributed by atoms with van der Waals surface area (Å²) in [6, 6.07) is 15.8. The van der Waals surface area contributed by atoms with Crippen LogP contribution in [0, 0.1) is 0 Å². The minimum absolute atomic E-state index is 0.352. The van der Waals surface area contributed by atoms with Crippen LogP contribution in [0.4, 0.5) is 10.8 Å². The minimum atomic E-state index is -0.352. The number of rotatable bonds is 6. The van der Waals surface area contributed by atoms with E-state index in [-0.39, 0.29) is 5.97 Å². The van der Waals surface area contributed by atoms with Gasteiger partial charge in [0, 0.05) is 16.6 Å². The van der Waals surface area contributed by atoms with E-state index in [2.05, 4.69) is 48.4 Å². The van der Waals surface area contributed by atoms with E-state index in [9.17, 15) is 4.79 Å². The molecule has 0 fully saturated rings. The highest BCUT2D eigenvalue weighted by atomic mass is 32.1. The number of hydrogen-bond acceptors (Lipinski definition) is 5. The average molecular weight is 366 g/mol. The SMILES string of the molecule is CCC(C)c1ccc(-c2csc(Nc3cccc(C(=O)OC)c3)n2)cc1. The number of hydrogen-bond donors (Lipinski definition) is 1. The Morgan fingerprint density at radius 3 is 2.69 bits per heavy atom. The molecule has 2 aromatic carbocycles. The van der Waals surface area contributed by atoms with Crippen molar-refractivity contribution in [3.63, 3.8) is 0 Å². The molecule has 0 aliphatic carbocycles. The van der Waals surface area contributed by atoms with Crippen LogP contribution in [0.15, 0.2) is 53.9 Å². The standard InChI is InChI=1S/C21H22N2O2S/c1-4-14(2)15-8-10-16(11-9-15)19-13-26-21(23-19)22-18-7-5-6-17(12-18)20(24)25-3/h5-14H,4H2,1-3H3,(H,22,23). The summed E-state index contributed by atoms with van der Waals surface area (Å²) in [6.45, 7) is 4.44. The van der Waals surface area contributed by atoms with Crippen molar-refractivity contribution in [2.45, 2.75) is 26.2 Å². The molecule has 5 heteroatoms. The van der Waals surface area contributed by atoms with Crippen LogP contribution < -0.4 is 5.32 Å². The number of ether oxygens (including phenoxy) is 1. The van der Waals surface area contributed by atoms with E-state index in [1.807, 2.05) is 17.5 Å². The van der Waals surface area contributed by atoms with Gasteiger partial charge >= 0.3 is 5.97 Å². The molecule has 134 valence electrons. The second-order valence-corrected chi connectivity index (χ2v) is 7.02. The Balaban J connectivity index is 1.75. The highest BCUT2D eigenvalue weighted by Gasteiger charge is 2.09. The van der Waals surface area contributed by atoms with Crippen molar-refractivity contribution in [3.05, 3.63) is 65.0 Å². The van der Waals surface area contributed by atoms with Crippen molar-refractivity contribution in [1.82, 2.24) is 4.98 Å². The Bertz CT molecular complexity index is 887. The molecule has 0 bridgehead atoms. The summed E-state index contributed by atoms with van der Waals surface area (Å²) in [5, 5.41) is 6.07. The van der Waals surface area contributed by atoms with E-state index in [1.165, 1.54) is 24.0 Å². The fraction of sp³-hybridized carbons (Fsp3) is 0.238. The number of methoxy groups -OCH3 is 1. The van der Waals surface area contributed by atoms with Crippen molar-refractivity contribution >= 4 is 28.1 Å². The largest absolute Gasteiger partial charge is 0.465 e. The second kappa shape index (κ2) is 8.15. The maximum atomic E-state index is 11.6. The van der Waals surface area contributed by atoms with Crippen LogP contribution in [0.2, 0.25) is 0 Å². The molecule has 3 aromatic rings. The fourth-order valence-electron chi connectivity index (χ4n) is 2.65. The van der Waals surface area contributed by atoms with Gasteiger partial charge in [0.2, 0.25) is 0 Å². The normalized spacial score (nSPS) is 11.8. The first-order chi connectivity index (χ1) is 12.6. The van der Waals surface area contributed by atoms with Gasteiger partial charge in [-0.2, -0.15) is 0 Å². The number of aromatic nitrogens is 1. The van der Waals surface area contributed by atoms with Crippen molar-refractivity contribution < 1.29 is 9.53 Å². The molecule has 1 atom stereocenters. The summed E-state index contributed by atoms with van der Waals surface area (Å²) < 4.78 is 4.76. The molecule has 1 unspecified atom stereocenters. The van der Waals surface area contributed by atoms with E-state index in [1.54, 1.807) is 12.1 Å². The lowest BCUT2D eigenvalue weighted by Crippen LogP contribution is -2.01. The number of thiazole rings is 1. The zero-order valence-corrected chi connectivity index (χ0v) is 16.0. The number of nitrogens with one attached hydrogen (secondary N) is 1. The van der Waals surface area contributed by atoms with E-state index in [4.69, 9.17) is 4.74 Å². The molecule has 1 N–H and O–H groups in total. The van der Waals surface area contributed by atoms with E-state index in [0.717, 1.165) is 28.5 Å². The number of carbonyl (C=O) groups is 1. The van der Waals surface area contributed by atoms with Crippen molar-refractivity contribution in [2.24, 2.45) is 0 Å². The molecule has 3 rings (SSSR count). The van der Waals surface area contributed by atoms with Crippen LogP contribution in [-0.2, 0) is 4.74 Å². The van der Waals surface area contributed by atoms with Crippen LogP contribution in [0.3, 0.4) is 0 Å². The van der Waals surface area contributed by atoms with E-state index >= 15 is 0 Å². The molecule has 0 spiro atoms. The predicted octanol–water partition coefficient (Wildman–Crippen LogP) is 5.85. The Labute approximate surface area is 157 Å². The average Bonchev–Trinajstić information content (AvgIpc) is 3.15. The van der Waals surface area contributed by atoms with E-state index < -0.39 is 0 Å². The van der Waals surface area contributed by atoms with Crippen molar-refractivity contribution in [2.75, 3.05) is 12.4 Å². The first kappa shape index (κ1) is 18.1. The first-order valence-electron chi connectivity index (χ1n) is 8.62. The fourth-order valence-corrected chi connectivity index (χ4v) is 3.39. The maximum Gasteiger partial charge on any atom is 0.337 e. The van der Waals surface area contributed by atoms with Gasteiger partial charge in [-0.15, -0.1) is 11.3 Å². The summed E-state index contributed by atoms with van der Waals surface area (Å²) in [4.78, 5) is 16.3. The first-order valence-corrected chi connectivity index (χ1v) is 9.50. The quantitative estimate of drug-likeness (QED) is 0.556. The maximum absolute atomic E-state index is 11.6. The molecule has 0 saturated heterocycles. The monoisotopic (exact) mass is 366 g/mol. The molecule has 0 aliphatic heterocycles. The molecule has 4 nitrogen and oxygen atoms in total. The summed E-state index contributed by atoms with van der Waals surface area (Å²) in [6.07, 6.45) is 1.13. The Morgan fingerprint density at radius 2 is 2.00 bits per heavy atom. The highest BCUT2D eigenvalue weighted by molar-refractivity contribution is 7.14. The van der Waals surface area contributed by atoms with Gasteiger partial charge in [0.05, 0.1) is 18.4 Å². The molecule has 0 amide bonds. The second-order valence-electron chi connectivity index (χ2n) is 6.17. The predicted molar refractivity (Wildman–Crippen MR) is 107 cm³/mol. The van der Waals surface area contributed by atoms with Crippen LogP contribution in [-0.4, -0.2) is 18.1 Å². The summed E-state index contributed by atoms with van der Waals surface area (Å²) in [5.41, 5.74) is 4.71. The lowest BCUT2D eigenvalue weighted by Gasteiger charge is -2.09. The third-order valence-electron chi connectivity index (χ3n) is 4.43. The summed E-state index contributed by atoms with van der Waals surface area (Å²) >= 11 is 1.54. The van der Waals surface area contributed by atoms with Crippen LogP contribution >= 0.6 is 11.3 Å². The van der Waals surface area contributed by atoms with Gasteiger partial charge in [-0.1, -0.05) is 44.2 Å². The molecule has 0 radical (unpaired) electrons. The summed E-state index contributed by atoms with van der Waals surface area (Å²) in [5.74, 6) is 0.216. The smallest absolute Gasteiger partial charge is 0.337 e. The Hall–Kier alpha value is -2.66. The highest BCUT2D eigenvalue weighted by Crippen LogP contribution is 2.29. The van der Waals surface area contributed by atoms with E-state index in [0.29, 0.717) is 11.5 Å². The van der Waals surface area contributed by atoms with Crippen LogP contribution in [0.25, 0.3) is 11.3 Å². The third kappa shape index (κ3) is 4.11. The number of carbonyl (C=O) groups excluding carboxylic acids is 1. The van der Waals surface area contributed by atoms with Gasteiger partial charge in [-0.05, 0) is 36.1 Å². The van der Waals surface area contributed by atoms with Gasteiger partial charge in [0.25, 0.3) is 0 Å². The van der Waals surface area contributed by atoms with Gasteiger partial charge in [-0.25, -0.2) is 9.78 Å². The molecule has 1 aromatic heterocycles. The molecular weight excluding hydrogens is 344 g/mol. The van der Waals surface area contributed by atoms with Gasteiger partial charge in [-0.3, -0.25) is 0 Å². The topological polar surface area (TPSA) is 51.2 Å². The molecule has 0 saturated carbocycles. The number of nitrogens with zero attached hydrogens (tertiary/aromatic N) is 1. The van der Waals surface area contributed by atoms with Crippen molar-refractivity contribution in [1.29, 1.82) is 0 Å². The Morgan fingerprint density at radius 1 is 1.23 bits per heavy atom. The van der Waals surface area contributed by atoms with Crippen LogP contribution in [0.1, 0.15) is 42.1 Å². The summed E-state index contributed by atoms with van der Waals surface area (Å²) in [7, 11) is 1.38. The molecular formula is C21H22N2O2S.